The summed E-state index contributed by atoms with van der Waals surface area (Å²) < 4.78 is 0. The summed E-state index contributed by atoms with van der Waals surface area (Å²) >= 11 is 0. The first kappa shape index (κ1) is 30.4. The Hall–Kier alpha value is -5.92. The molecule has 0 aliphatic heterocycles. The van der Waals surface area contributed by atoms with Gasteiger partial charge in [0.15, 0.2) is 0 Å². The highest BCUT2D eigenvalue weighted by Crippen LogP contribution is 2.43. The largest absolute Gasteiger partial charge is 0.310 e. The fraction of sp³-hybridized carbons (Fsp3) is 0.0833. The number of unbranched alkanes of at least 4 members (excludes halogenated alkanes) is 1. The van der Waals surface area contributed by atoms with Gasteiger partial charge in [0.25, 0.3) is 0 Å². The van der Waals surface area contributed by atoms with Crippen LogP contribution < -0.4 is 4.90 Å². The van der Waals surface area contributed by atoms with E-state index in [0.29, 0.717) is 0 Å². The van der Waals surface area contributed by atoms with Crippen LogP contribution in [0.3, 0.4) is 0 Å². The summed E-state index contributed by atoms with van der Waals surface area (Å²) in [5.74, 6) is 0. The second-order valence-electron chi connectivity index (χ2n) is 12.8. The number of hydrogen-bond donors (Lipinski definition) is 0. The maximum atomic E-state index is 2.43. The lowest BCUT2D eigenvalue weighted by molar-refractivity contribution is 0.796. The van der Waals surface area contributed by atoms with Crippen LogP contribution in [0.1, 0.15) is 25.3 Å². The van der Waals surface area contributed by atoms with Crippen molar-refractivity contribution in [3.05, 3.63) is 188 Å². The van der Waals surface area contributed by atoms with Gasteiger partial charge in [-0.3, -0.25) is 0 Å². The third kappa shape index (κ3) is 6.24. The Bertz CT molecular complexity index is 2340. The molecule has 0 spiro atoms. The third-order valence-corrected chi connectivity index (χ3v) is 9.63. The lowest BCUT2D eigenvalue weighted by Gasteiger charge is -2.28. The van der Waals surface area contributed by atoms with Crippen LogP contribution in [-0.4, -0.2) is 0 Å². The van der Waals surface area contributed by atoms with Crippen LogP contribution in [0.4, 0.5) is 17.1 Å². The molecule has 0 atom stereocenters. The lowest BCUT2D eigenvalue weighted by Crippen LogP contribution is -2.11. The summed E-state index contributed by atoms with van der Waals surface area (Å²) in [5, 5.41) is 5.10. The second kappa shape index (κ2) is 13.7. The zero-order valence-corrected chi connectivity index (χ0v) is 27.9. The van der Waals surface area contributed by atoms with Crippen LogP contribution in [0.25, 0.3) is 54.9 Å². The van der Waals surface area contributed by atoms with Crippen LogP contribution in [0.5, 0.6) is 0 Å². The highest BCUT2D eigenvalue weighted by Gasteiger charge is 2.18. The number of fused-ring (bicyclic) bond motifs is 3. The van der Waals surface area contributed by atoms with Gasteiger partial charge in [-0.25, -0.2) is 0 Å². The Kier molecular flexibility index (Phi) is 8.48. The van der Waals surface area contributed by atoms with Gasteiger partial charge in [-0.05, 0) is 98.3 Å². The van der Waals surface area contributed by atoms with E-state index in [-0.39, 0.29) is 0 Å². The Balaban J connectivity index is 1.27. The molecule has 0 aromatic heterocycles. The van der Waals surface area contributed by atoms with E-state index in [2.05, 4.69) is 194 Å². The molecule has 236 valence electrons. The second-order valence-corrected chi connectivity index (χ2v) is 12.8. The molecule has 0 saturated heterocycles. The van der Waals surface area contributed by atoms with E-state index in [4.69, 9.17) is 0 Å². The Morgan fingerprint density at radius 2 is 0.939 bits per heavy atom. The molecule has 0 heterocycles. The summed E-state index contributed by atoms with van der Waals surface area (Å²) in [6.45, 7) is 2.26. The summed E-state index contributed by atoms with van der Waals surface area (Å²) in [5.41, 5.74) is 12.1. The highest BCUT2D eigenvalue weighted by atomic mass is 15.1. The van der Waals surface area contributed by atoms with E-state index in [9.17, 15) is 0 Å². The minimum atomic E-state index is 1.11. The maximum Gasteiger partial charge on any atom is 0.0546 e. The number of benzene rings is 8. The Morgan fingerprint density at radius 3 is 1.59 bits per heavy atom. The van der Waals surface area contributed by atoms with Crippen molar-refractivity contribution in [1.29, 1.82) is 0 Å². The van der Waals surface area contributed by atoms with Crippen molar-refractivity contribution in [3.63, 3.8) is 0 Å². The van der Waals surface area contributed by atoms with Gasteiger partial charge in [-0.15, -0.1) is 0 Å². The topological polar surface area (TPSA) is 3.24 Å². The maximum absolute atomic E-state index is 2.43. The molecule has 8 rings (SSSR count). The molecule has 0 aliphatic rings. The zero-order chi connectivity index (χ0) is 33.0. The number of rotatable bonds is 9. The van der Waals surface area contributed by atoms with E-state index < -0.39 is 0 Å². The Labute approximate surface area is 289 Å². The molecule has 49 heavy (non-hydrogen) atoms. The number of nitrogens with zero attached hydrogens (tertiary/aromatic N) is 1. The smallest absolute Gasteiger partial charge is 0.0546 e. The van der Waals surface area contributed by atoms with Crippen molar-refractivity contribution < 1.29 is 0 Å². The average molecular weight is 630 g/mol. The third-order valence-electron chi connectivity index (χ3n) is 9.63. The SMILES string of the molecule is CCCCc1ccc2cc(N(c3ccc(-c4ccccc4)cc3)c3cccc(-c4ccc(-c5ccccc5)cc4)c3)c3ccccc3c2c1. The highest BCUT2D eigenvalue weighted by molar-refractivity contribution is 6.14. The molecule has 0 saturated carbocycles. The minimum absolute atomic E-state index is 1.11. The average Bonchev–Trinajstić information content (AvgIpc) is 3.18. The van der Waals surface area contributed by atoms with Crippen LogP contribution in [0.2, 0.25) is 0 Å². The quantitative estimate of drug-likeness (QED) is 0.144. The predicted octanol–water partition coefficient (Wildman–Crippen LogP) is 13.8. The van der Waals surface area contributed by atoms with Gasteiger partial charge in [0.05, 0.1) is 5.69 Å². The summed E-state index contributed by atoms with van der Waals surface area (Å²) in [4.78, 5) is 2.43. The van der Waals surface area contributed by atoms with Gasteiger partial charge in [0, 0.05) is 16.8 Å². The van der Waals surface area contributed by atoms with Gasteiger partial charge >= 0.3 is 0 Å². The molecular weight excluding hydrogens is 591 g/mol. The van der Waals surface area contributed by atoms with E-state index in [1.54, 1.807) is 0 Å². The molecule has 0 bridgehead atoms. The first-order valence-corrected chi connectivity index (χ1v) is 17.4. The van der Waals surface area contributed by atoms with Gasteiger partial charge in [0.1, 0.15) is 0 Å². The molecule has 8 aromatic rings. The fourth-order valence-corrected chi connectivity index (χ4v) is 7.02. The van der Waals surface area contributed by atoms with Gasteiger partial charge < -0.3 is 4.90 Å². The van der Waals surface area contributed by atoms with Gasteiger partial charge in [0.2, 0.25) is 0 Å². The first-order valence-electron chi connectivity index (χ1n) is 17.4. The summed E-state index contributed by atoms with van der Waals surface area (Å²) in [6, 6.07) is 66.4. The monoisotopic (exact) mass is 629 g/mol. The van der Waals surface area contributed by atoms with E-state index in [0.717, 1.165) is 17.8 Å². The molecule has 0 amide bonds. The van der Waals surface area contributed by atoms with Gasteiger partial charge in [-0.2, -0.15) is 0 Å². The molecule has 1 heteroatoms. The summed E-state index contributed by atoms with van der Waals surface area (Å²) in [7, 11) is 0. The molecule has 0 aliphatic carbocycles. The number of aryl methyl sites for hydroxylation is 1. The van der Waals surface area contributed by atoms with Crippen LogP contribution in [0.15, 0.2) is 182 Å². The van der Waals surface area contributed by atoms with Crippen molar-refractivity contribution in [2.75, 3.05) is 4.90 Å². The molecule has 0 fully saturated rings. The van der Waals surface area contributed by atoms with Crippen molar-refractivity contribution >= 4 is 38.6 Å². The van der Waals surface area contributed by atoms with Crippen molar-refractivity contribution in [2.24, 2.45) is 0 Å². The molecule has 8 aromatic carbocycles. The molecular formula is C48H39N. The van der Waals surface area contributed by atoms with Crippen LogP contribution >= 0.6 is 0 Å². The Morgan fingerprint density at radius 1 is 0.388 bits per heavy atom. The summed E-state index contributed by atoms with van der Waals surface area (Å²) in [6.07, 6.45) is 3.52. The normalized spacial score (nSPS) is 11.2. The van der Waals surface area contributed by atoms with Crippen molar-refractivity contribution in [2.45, 2.75) is 26.2 Å². The van der Waals surface area contributed by atoms with Crippen LogP contribution in [-0.2, 0) is 6.42 Å². The van der Waals surface area contributed by atoms with E-state index in [1.807, 2.05) is 0 Å². The van der Waals surface area contributed by atoms with Crippen molar-refractivity contribution in [1.82, 2.24) is 0 Å². The molecule has 0 N–H and O–H groups in total. The van der Waals surface area contributed by atoms with E-state index >= 15 is 0 Å². The van der Waals surface area contributed by atoms with E-state index in [1.165, 1.54) is 79.0 Å². The predicted molar refractivity (Wildman–Crippen MR) is 211 cm³/mol. The molecule has 1 nitrogen and oxygen atoms in total. The van der Waals surface area contributed by atoms with Crippen molar-refractivity contribution in [3.8, 4) is 33.4 Å². The fourth-order valence-electron chi connectivity index (χ4n) is 7.02. The van der Waals surface area contributed by atoms with Crippen LogP contribution in [0, 0.1) is 0 Å². The first-order chi connectivity index (χ1) is 24.2. The molecule has 0 radical (unpaired) electrons. The lowest BCUT2D eigenvalue weighted by atomic mass is 9.95. The minimum Gasteiger partial charge on any atom is -0.310 e. The zero-order valence-electron chi connectivity index (χ0n) is 27.9. The standard InChI is InChI=1S/C48H39N/c1-2-3-13-35-22-23-42-34-48(46-21-11-10-20-45(46)47(42)32-35)49(43-30-28-39(29-31-43)37-16-8-5-9-17-37)44-19-12-18-41(33-44)40-26-24-38(25-27-40)36-14-6-4-7-15-36/h4-12,14-34H,2-3,13H2,1H3. The number of anilines is 3. The van der Waals surface area contributed by atoms with Gasteiger partial charge in [-0.1, -0.05) is 165 Å². The molecule has 0 unspecified atom stereocenters. The number of hydrogen-bond acceptors (Lipinski definition) is 1.